The second-order valence-electron chi connectivity index (χ2n) is 6.19. The average Bonchev–Trinajstić information content (AvgIpc) is 2.76. The number of non-ortho nitro benzene ring substituents is 1. The molecule has 0 aliphatic rings. The third kappa shape index (κ3) is 6.05. The summed E-state index contributed by atoms with van der Waals surface area (Å²) in [7, 11) is 0. The van der Waals surface area contributed by atoms with E-state index in [1.807, 2.05) is 60.7 Å². The van der Waals surface area contributed by atoms with Crippen molar-refractivity contribution in [1.29, 1.82) is 0 Å². The van der Waals surface area contributed by atoms with Crippen LogP contribution in [0.25, 0.3) is 11.6 Å². The Kier molecular flexibility index (Phi) is 7.19. The van der Waals surface area contributed by atoms with Crippen molar-refractivity contribution in [2.45, 2.75) is 4.90 Å². The van der Waals surface area contributed by atoms with Crippen LogP contribution in [0.2, 0.25) is 0 Å². The molecule has 0 spiro atoms. The highest BCUT2D eigenvalue weighted by Crippen LogP contribution is 2.21. The second kappa shape index (κ2) is 10.2. The van der Waals surface area contributed by atoms with Crippen LogP contribution < -0.4 is 5.32 Å². The lowest BCUT2D eigenvalue weighted by atomic mass is 10.0. The molecule has 29 heavy (non-hydrogen) atoms. The fourth-order valence-electron chi connectivity index (χ4n) is 2.70. The summed E-state index contributed by atoms with van der Waals surface area (Å²) in [6.45, 7) is 0.531. The Morgan fingerprint density at radius 2 is 1.55 bits per heavy atom. The largest absolute Gasteiger partial charge is 0.351 e. The molecule has 3 aromatic rings. The lowest BCUT2D eigenvalue weighted by Crippen LogP contribution is -2.26. The van der Waals surface area contributed by atoms with Crippen molar-refractivity contribution in [3.8, 4) is 0 Å². The molecular formula is C23H20N2O3S. The molecule has 1 N–H and O–H groups in total. The van der Waals surface area contributed by atoms with Crippen LogP contribution in [0.5, 0.6) is 0 Å². The minimum atomic E-state index is -0.442. The van der Waals surface area contributed by atoms with Crippen molar-refractivity contribution >= 4 is 35.0 Å². The summed E-state index contributed by atoms with van der Waals surface area (Å²) < 4.78 is 0. The topological polar surface area (TPSA) is 72.2 Å². The highest BCUT2D eigenvalue weighted by molar-refractivity contribution is 7.99. The zero-order valence-corrected chi connectivity index (χ0v) is 16.5. The predicted octanol–water partition coefficient (Wildman–Crippen LogP) is 5.04. The maximum absolute atomic E-state index is 12.8. The summed E-state index contributed by atoms with van der Waals surface area (Å²) in [5, 5.41) is 13.8. The Balaban J connectivity index is 1.71. The molecule has 0 saturated carbocycles. The fraction of sp³-hybridized carbons (Fsp3) is 0.0870. The molecule has 0 aliphatic heterocycles. The molecule has 0 saturated heterocycles. The van der Waals surface area contributed by atoms with Gasteiger partial charge in [-0.1, -0.05) is 48.5 Å². The number of hydrogen-bond donors (Lipinski definition) is 1. The Labute approximate surface area is 173 Å². The molecular weight excluding hydrogens is 384 g/mol. The minimum Gasteiger partial charge on any atom is -0.351 e. The van der Waals surface area contributed by atoms with Crippen molar-refractivity contribution in [3.63, 3.8) is 0 Å². The van der Waals surface area contributed by atoms with Crippen LogP contribution in [-0.2, 0) is 4.79 Å². The highest BCUT2D eigenvalue weighted by Gasteiger charge is 2.12. The van der Waals surface area contributed by atoms with E-state index in [1.54, 1.807) is 30.0 Å². The predicted molar refractivity (Wildman–Crippen MR) is 118 cm³/mol. The number of thioether (sulfide) groups is 1. The van der Waals surface area contributed by atoms with Gasteiger partial charge in [-0.3, -0.25) is 14.9 Å². The summed E-state index contributed by atoms with van der Waals surface area (Å²) in [5.41, 5.74) is 2.05. The molecule has 5 nitrogen and oxygen atoms in total. The molecule has 1 amide bonds. The van der Waals surface area contributed by atoms with E-state index in [2.05, 4.69) is 5.32 Å². The molecule has 0 radical (unpaired) electrons. The third-order valence-corrected chi connectivity index (χ3v) is 5.16. The number of hydrogen-bond acceptors (Lipinski definition) is 4. The number of nitro groups is 1. The number of amides is 1. The first-order valence-electron chi connectivity index (χ1n) is 9.11. The first kappa shape index (κ1) is 20.4. The molecule has 0 unspecified atom stereocenters. The monoisotopic (exact) mass is 404 g/mol. The number of nitrogens with one attached hydrogen (secondary N) is 1. The van der Waals surface area contributed by atoms with Gasteiger partial charge in [0.15, 0.2) is 0 Å². The van der Waals surface area contributed by atoms with Gasteiger partial charge in [-0.15, -0.1) is 11.8 Å². The summed E-state index contributed by atoms with van der Waals surface area (Å²) in [5.74, 6) is 0.582. The van der Waals surface area contributed by atoms with E-state index >= 15 is 0 Å². The van der Waals surface area contributed by atoms with Crippen LogP contribution in [0.3, 0.4) is 0 Å². The van der Waals surface area contributed by atoms with Gasteiger partial charge in [0.1, 0.15) is 0 Å². The van der Waals surface area contributed by atoms with Crippen LogP contribution in [0.15, 0.2) is 89.8 Å². The van der Waals surface area contributed by atoms with E-state index in [1.165, 1.54) is 12.1 Å². The first-order chi connectivity index (χ1) is 14.1. The van der Waals surface area contributed by atoms with E-state index in [9.17, 15) is 14.9 Å². The minimum absolute atomic E-state index is 0.0193. The van der Waals surface area contributed by atoms with E-state index in [0.717, 1.165) is 21.8 Å². The van der Waals surface area contributed by atoms with E-state index in [-0.39, 0.29) is 11.6 Å². The van der Waals surface area contributed by atoms with Gasteiger partial charge in [0.2, 0.25) is 0 Å². The fourth-order valence-corrected chi connectivity index (χ4v) is 3.49. The van der Waals surface area contributed by atoms with Gasteiger partial charge in [-0.2, -0.15) is 0 Å². The molecule has 0 atom stereocenters. The zero-order valence-electron chi connectivity index (χ0n) is 15.7. The maximum Gasteiger partial charge on any atom is 0.269 e. The van der Waals surface area contributed by atoms with Gasteiger partial charge in [0, 0.05) is 34.9 Å². The van der Waals surface area contributed by atoms with Crippen molar-refractivity contribution in [2.75, 3.05) is 12.3 Å². The first-order valence-corrected chi connectivity index (χ1v) is 10.1. The lowest BCUT2D eigenvalue weighted by Gasteiger charge is -2.10. The molecule has 3 rings (SSSR count). The Morgan fingerprint density at radius 1 is 0.931 bits per heavy atom. The van der Waals surface area contributed by atoms with Crippen molar-refractivity contribution in [3.05, 3.63) is 106 Å². The van der Waals surface area contributed by atoms with Crippen molar-refractivity contribution in [2.24, 2.45) is 0 Å². The van der Waals surface area contributed by atoms with Crippen LogP contribution >= 0.6 is 11.8 Å². The zero-order chi connectivity index (χ0) is 20.5. The standard InChI is InChI=1S/C23H20N2O3S/c26-23(24-15-16-29-21-9-5-2-6-10-21)22(19-7-3-1-4-8-19)17-18-11-13-20(14-12-18)25(27)28/h1-14,17H,15-16H2,(H,24,26)/b22-17+. The van der Waals surface area contributed by atoms with Crippen LogP contribution in [0.4, 0.5) is 5.69 Å². The SMILES string of the molecule is O=C(NCCSc1ccccc1)/C(=C/c1ccc([N+](=O)[O-])cc1)c1ccccc1. The lowest BCUT2D eigenvalue weighted by molar-refractivity contribution is -0.384. The summed E-state index contributed by atoms with van der Waals surface area (Å²) in [6, 6.07) is 25.5. The van der Waals surface area contributed by atoms with Crippen LogP contribution in [-0.4, -0.2) is 23.1 Å². The number of carbonyl (C=O) groups excluding carboxylic acids is 1. The molecule has 146 valence electrons. The van der Waals surface area contributed by atoms with E-state index in [4.69, 9.17) is 0 Å². The number of nitrogens with zero attached hydrogens (tertiary/aromatic N) is 1. The third-order valence-electron chi connectivity index (χ3n) is 4.14. The Hall–Kier alpha value is -3.38. The van der Waals surface area contributed by atoms with Gasteiger partial charge in [-0.25, -0.2) is 0 Å². The van der Waals surface area contributed by atoms with Crippen molar-refractivity contribution < 1.29 is 9.72 Å². The van der Waals surface area contributed by atoms with Crippen molar-refractivity contribution in [1.82, 2.24) is 5.32 Å². The molecule has 0 aliphatic carbocycles. The van der Waals surface area contributed by atoms with Gasteiger partial charge >= 0.3 is 0 Å². The maximum atomic E-state index is 12.8. The summed E-state index contributed by atoms with van der Waals surface area (Å²) >= 11 is 1.68. The van der Waals surface area contributed by atoms with Crippen LogP contribution in [0, 0.1) is 10.1 Å². The molecule has 0 aromatic heterocycles. The normalized spacial score (nSPS) is 11.1. The Bertz CT molecular complexity index is 988. The quantitative estimate of drug-likeness (QED) is 0.142. The number of nitro benzene ring substituents is 1. The smallest absolute Gasteiger partial charge is 0.269 e. The number of rotatable bonds is 8. The van der Waals surface area contributed by atoms with E-state index < -0.39 is 4.92 Å². The van der Waals surface area contributed by atoms with E-state index in [0.29, 0.717) is 12.1 Å². The number of benzene rings is 3. The van der Waals surface area contributed by atoms with Crippen LogP contribution in [0.1, 0.15) is 11.1 Å². The van der Waals surface area contributed by atoms with Gasteiger partial charge in [0.25, 0.3) is 11.6 Å². The Morgan fingerprint density at radius 3 is 2.17 bits per heavy atom. The summed E-state index contributed by atoms with van der Waals surface area (Å²) in [6.07, 6.45) is 1.75. The highest BCUT2D eigenvalue weighted by atomic mass is 32.2. The molecule has 3 aromatic carbocycles. The van der Waals surface area contributed by atoms with Gasteiger partial charge in [0.05, 0.1) is 4.92 Å². The molecule has 0 heterocycles. The summed E-state index contributed by atoms with van der Waals surface area (Å²) in [4.78, 5) is 24.4. The average molecular weight is 404 g/mol. The number of carbonyl (C=O) groups is 1. The van der Waals surface area contributed by atoms with Gasteiger partial charge < -0.3 is 5.32 Å². The molecule has 0 fully saturated rings. The molecule has 0 bridgehead atoms. The van der Waals surface area contributed by atoms with Gasteiger partial charge in [-0.05, 0) is 41.5 Å². The second-order valence-corrected chi connectivity index (χ2v) is 7.36. The molecule has 6 heteroatoms.